The zero-order valence-corrected chi connectivity index (χ0v) is 31.3. The maximum atomic E-state index is 13.1. The minimum atomic E-state index is -4.83. The van der Waals surface area contributed by atoms with Crippen LogP contribution in [0.2, 0.25) is 5.28 Å². The number of nitrogens with zero attached hydrogens (tertiary/aromatic N) is 3. The van der Waals surface area contributed by atoms with Crippen LogP contribution in [0.25, 0.3) is 0 Å². The number of nitrogens with one attached hydrogen (secondary N) is 3. The van der Waals surface area contributed by atoms with Crippen molar-refractivity contribution in [1.29, 1.82) is 5.41 Å². The lowest BCUT2D eigenvalue weighted by Gasteiger charge is -2.27. The lowest BCUT2D eigenvalue weighted by Crippen LogP contribution is -2.39. The van der Waals surface area contributed by atoms with Gasteiger partial charge in [0.1, 0.15) is 24.3 Å². The van der Waals surface area contributed by atoms with Crippen molar-refractivity contribution in [2.45, 2.75) is 31.4 Å². The molecule has 294 valence electrons. The maximum Gasteiger partial charge on any atom is 0.340 e. The summed E-state index contributed by atoms with van der Waals surface area (Å²) < 4.78 is 55.2. The van der Waals surface area contributed by atoms with Crippen molar-refractivity contribution < 1.29 is 61.9 Å². The molecule has 53 heavy (non-hydrogen) atoms. The number of benzene rings is 1. The molecule has 4 atom stereocenters. The first-order chi connectivity index (χ1) is 25.3. The minimum absolute atomic E-state index is 0.00956. The van der Waals surface area contributed by atoms with Crippen LogP contribution in [0, 0.1) is 17.8 Å². The Morgan fingerprint density at radius 3 is 2.32 bits per heavy atom. The van der Waals surface area contributed by atoms with E-state index >= 15 is 0 Å². The van der Waals surface area contributed by atoms with Crippen LogP contribution < -0.4 is 15.5 Å². The Labute approximate surface area is 311 Å². The molecule has 0 bridgehead atoms. The van der Waals surface area contributed by atoms with Gasteiger partial charge < -0.3 is 68.9 Å². The van der Waals surface area contributed by atoms with Gasteiger partial charge in [0.05, 0.1) is 71.1 Å². The lowest BCUT2D eigenvalue weighted by molar-refractivity contribution is -0.120. The molecule has 2 aromatic rings. The first-order valence-corrected chi connectivity index (χ1v) is 20.2. The van der Waals surface area contributed by atoms with E-state index in [9.17, 15) is 23.9 Å². The second-order valence-corrected chi connectivity index (χ2v) is 15.7. The molecule has 0 aliphatic carbocycles. The van der Waals surface area contributed by atoms with Gasteiger partial charge in [0.2, 0.25) is 11.2 Å². The smallest absolute Gasteiger partial charge is 0.340 e. The van der Waals surface area contributed by atoms with Crippen molar-refractivity contribution in [2.75, 3.05) is 88.7 Å². The van der Waals surface area contributed by atoms with Gasteiger partial charge in [-0.2, -0.15) is 9.97 Å². The van der Waals surface area contributed by atoms with E-state index in [4.69, 9.17) is 61.4 Å². The monoisotopic (exact) mass is 806 g/mol. The molecule has 1 saturated heterocycles. The van der Waals surface area contributed by atoms with E-state index in [2.05, 4.69) is 26.5 Å². The summed E-state index contributed by atoms with van der Waals surface area (Å²) in [6.07, 6.45) is 2.69. The summed E-state index contributed by atoms with van der Waals surface area (Å²) in [5.74, 6) is 0.748. The van der Waals surface area contributed by atoms with Crippen LogP contribution in [0.15, 0.2) is 30.3 Å². The zero-order valence-electron chi connectivity index (χ0n) is 28.8. The number of hydrogen-bond acceptors (Lipinski definition) is 15. The number of carbonyl (C=O) groups excluding carboxylic acids is 1. The third-order valence-corrected chi connectivity index (χ3v) is 10.7. The lowest BCUT2D eigenvalue weighted by atomic mass is 10.2. The number of terminal acetylenes is 1. The van der Waals surface area contributed by atoms with E-state index in [0.29, 0.717) is 39.6 Å². The normalized spacial score (nSPS) is 18.2. The Morgan fingerprint density at radius 2 is 1.70 bits per heavy atom. The van der Waals surface area contributed by atoms with Crippen LogP contribution in [0.1, 0.15) is 17.5 Å². The molecule has 0 spiro atoms. The van der Waals surface area contributed by atoms with E-state index in [0.717, 1.165) is 11.8 Å². The molecule has 1 aliphatic heterocycles. The summed E-state index contributed by atoms with van der Waals surface area (Å²) in [5.41, 5.74) is 0.935. The number of amides is 1. The van der Waals surface area contributed by atoms with Crippen LogP contribution in [0.5, 0.6) is 0 Å². The number of rotatable bonds is 26. The highest BCUT2D eigenvalue weighted by Gasteiger charge is 2.38. The number of aliphatic hydroxyl groups is 1. The molecule has 1 aromatic carbocycles. The highest BCUT2D eigenvalue weighted by atomic mass is 35.5. The topological polar surface area (TPSA) is 264 Å². The van der Waals surface area contributed by atoms with Gasteiger partial charge in [0.25, 0.3) is 0 Å². The van der Waals surface area contributed by atoms with Crippen LogP contribution >= 0.6 is 26.8 Å². The highest BCUT2D eigenvalue weighted by molar-refractivity contribution is 7.70. The fourth-order valence-electron chi connectivity index (χ4n) is 4.80. The Bertz CT molecular complexity index is 1590. The molecule has 22 heteroatoms. The van der Waals surface area contributed by atoms with Gasteiger partial charge in [-0.25, -0.2) is 0 Å². The van der Waals surface area contributed by atoms with Gasteiger partial charge in [-0.1, -0.05) is 36.3 Å². The first-order valence-electron chi connectivity index (χ1n) is 16.3. The van der Waals surface area contributed by atoms with Crippen molar-refractivity contribution in [3.63, 3.8) is 0 Å². The Balaban J connectivity index is 1.57. The van der Waals surface area contributed by atoms with Gasteiger partial charge >= 0.3 is 15.2 Å². The molecule has 2 heterocycles. The van der Waals surface area contributed by atoms with E-state index in [1.165, 1.54) is 0 Å². The van der Waals surface area contributed by atoms with Crippen LogP contribution in [-0.2, 0) is 48.7 Å². The predicted molar refractivity (Wildman–Crippen MR) is 193 cm³/mol. The van der Waals surface area contributed by atoms with Gasteiger partial charge in [0, 0.05) is 25.7 Å². The number of carbonyl (C=O) groups is 1. The number of halogens is 1. The maximum absolute atomic E-state index is 13.1. The van der Waals surface area contributed by atoms with Gasteiger partial charge in [-0.05, 0) is 17.2 Å². The third-order valence-electron chi connectivity index (χ3n) is 7.06. The van der Waals surface area contributed by atoms with Crippen molar-refractivity contribution in [3.8, 4) is 12.3 Å². The fourth-order valence-corrected chi connectivity index (χ4v) is 7.55. The molecule has 1 fully saturated rings. The largest absolute Gasteiger partial charge is 0.388 e. The van der Waals surface area contributed by atoms with Gasteiger partial charge in [0.15, 0.2) is 12.1 Å². The summed E-state index contributed by atoms with van der Waals surface area (Å²) in [4.78, 5) is 51.0. The van der Waals surface area contributed by atoms with E-state index in [1.54, 1.807) is 4.90 Å². The van der Waals surface area contributed by atoms with E-state index in [1.807, 2.05) is 30.3 Å². The summed E-state index contributed by atoms with van der Waals surface area (Å²) >= 11 is 6.31. The molecule has 7 N–H and O–H groups in total. The number of ether oxygens (including phenoxy) is 5. The minimum Gasteiger partial charge on any atom is -0.388 e. The summed E-state index contributed by atoms with van der Waals surface area (Å²) in [5, 5.41) is 24.3. The molecular formula is C31H45ClN6O13P2. The van der Waals surface area contributed by atoms with Crippen LogP contribution in [0.3, 0.4) is 0 Å². The molecule has 19 nitrogen and oxygen atoms in total. The number of hydrogen-bond donors (Lipinski definition) is 7. The van der Waals surface area contributed by atoms with Crippen molar-refractivity contribution in [3.05, 3.63) is 46.7 Å². The second-order valence-electron chi connectivity index (χ2n) is 11.4. The summed E-state index contributed by atoms with van der Waals surface area (Å²) in [7, 11) is -9.48. The van der Waals surface area contributed by atoms with Gasteiger partial charge in [-0.15, -0.1) is 6.42 Å². The molecule has 1 aliphatic rings. The van der Waals surface area contributed by atoms with Crippen molar-refractivity contribution >= 4 is 50.5 Å². The van der Waals surface area contributed by atoms with Crippen molar-refractivity contribution in [2.24, 2.45) is 0 Å². The average Bonchev–Trinajstić information content (AvgIpc) is 3.44. The fraction of sp³-hybridized carbons (Fsp3) is 0.548. The summed E-state index contributed by atoms with van der Waals surface area (Å²) in [6.45, 7) is 2.39. The number of anilines is 2. The number of aliphatic hydroxyl groups excluding tert-OH is 1. The second kappa shape index (κ2) is 23.0. The Morgan fingerprint density at radius 1 is 1.06 bits per heavy atom. The SMILES string of the molecule is C#CCOCCOCCOCCOCCNC(=O)CN(Cc1ccccc1)c1nc(Cl)nc(NC2O[C@H](COP(=O)(O)CP(=O)(O)O)C[C@H]2O)c1C=N. The molecule has 1 amide bonds. The van der Waals surface area contributed by atoms with Crippen LogP contribution in [-0.4, -0.2) is 139 Å². The molecule has 1 aromatic heterocycles. The van der Waals surface area contributed by atoms with E-state index < -0.39 is 46.1 Å². The summed E-state index contributed by atoms with van der Waals surface area (Å²) in [6, 6.07) is 9.21. The quantitative estimate of drug-likeness (QED) is 0.0231. The van der Waals surface area contributed by atoms with Gasteiger partial charge in [-0.3, -0.25) is 13.9 Å². The molecule has 2 unspecified atom stereocenters. The number of aromatic nitrogens is 2. The third kappa shape index (κ3) is 17.3. The highest BCUT2D eigenvalue weighted by Crippen LogP contribution is 2.55. The van der Waals surface area contributed by atoms with Crippen LogP contribution in [0.4, 0.5) is 11.6 Å². The zero-order chi connectivity index (χ0) is 38.7. The molecular weight excluding hydrogens is 762 g/mol. The Hall–Kier alpha value is -3.05. The van der Waals surface area contributed by atoms with Crippen molar-refractivity contribution in [1.82, 2.24) is 15.3 Å². The first kappa shape index (κ1) is 44.3. The Kier molecular flexibility index (Phi) is 19.2. The molecule has 0 radical (unpaired) electrons. The van der Waals surface area contributed by atoms with E-state index in [-0.39, 0.29) is 67.7 Å². The molecule has 3 rings (SSSR count). The standard InChI is InChI=1S/C31H45ClN6O13P2/c1-2-9-46-11-13-48-15-16-49-14-12-47-10-8-34-27(40)20-38(19-23-6-4-3-5-7-23)29-25(18-33)28(36-31(32)37-29)35-30-26(39)17-24(51-30)21-50-53(44,45)22-52(41,42)43/h1,3-7,18,24,26,30,33,39H,8-17,19-22H2,(H,34,40)(H,44,45)(H,35,36,37)(H2,41,42,43)/t24-,26+,30?/m0/s1. The predicted octanol–water partition coefficient (Wildman–Crippen LogP) is 1.18. The average molecular weight is 807 g/mol. The molecule has 0 saturated carbocycles.